The summed E-state index contributed by atoms with van der Waals surface area (Å²) in [5.41, 5.74) is 1.15. The molecule has 2 N–H and O–H groups in total. The van der Waals surface area contributed by atoms with Crippen molar-refractivity contribution in [3.8, 4) is 5.75 Å². The number of aromatic nitrogens is 2. The molecular weight excluding hydrogens is 322 g/mol. The fourth-order valence-electron chi connectivity index (χ4n) is 2.13. The van der Waals surface area contributed by atoms with Crippen molar-refractivity contribution in [2.24, 2.45) is 0 Å². The molecule has 1 aliphatic rings. The molecule has 0 aliphatic carbocycles. The zero-order valence-electron chi connectivity index (χ0n) is 11.8. The van der Waals surface area contributed by atoms with Gasteiger partial charge in [0.25, 0.3) is 5.91 Å². The fraction of sp³-hybridized carbons (Fsp3) is 0.133. The lowest BCUT2D eigenvalue weighted by Crippen LogP contribution is -2.21. The largest absolute Gasteiger partial charge is 0.488 e. The Morgan fingerprint density at radius 3 is 3.00 bits per heavy atom. The number of nitrogens with one attached hydrogen (secondary N) is 1. The summed E-state index contributed by atoms with van der Waals surface area (Å²) in [6, 6.07) is 6.70. The van der Waals surface area contributed by atoms with Crippen molar-refractivity contribution in [1.29, 1.82) is 0 Å². The number of rotatable bonds is 4. The fourth-order valence-corrected chi connectivity index (χ4v) is 2.31. The number of fused-ring (bicyclic) bond motifs is 1. The number of hydrogen-bond acceptors (Lipinski definition) is 4. The molecule has 1 aromatic carbocycles. The van der Waals surface area contributed by atoms with Gasteiger partial charge in [-0.05, 0) is 24.3 Å². The maximum absolute atomic E-state index is 12.2. The zero-order valence-corrected chi connectivity index (χ0v) is 12.6. The number of carbonyl (C=O) groups excluding carboxylic acids is 1. The number of amides is 1. The SMILES string of the molecule is O=C(O)Cn1ccc(NC(=O)C2=Cc3cc(Cl)ccc3OC2)n1. The average molecular weight is 334 g/mol. The van der Waals surface area contributed by atoms with Gasteiger partial charge in [-0.25, -0.2) is 0 Å². The molecule has 118 valence electrons. The summed E-state index contributed by atoms with van der Waals surface area (Å²) in [5, 5.41) is 15.8. The van der Waals surface area contributed by atoms with Gasteiger partial charge < -0.3 is 15.2 Å². The van der Waals surface area contributed by atoms with E-state index in [1.807, 2.05) is 0 Å². The highest BCUT2D eigenvalue weighted by Crippen LogP contribution is 2.29. The predicted octanol–water partition coefficient (Wildman–Crippen LogP) is 2.04. The number of carboxylic acids is 1. The lowest BCUT2D eigenvalue weighted by molar-refractivity contribution is -0.137. The summed E-state index contributed by atoms with van der Waals surface area (Å²) in [6.07, 6.45) is 3.18. The van der Waals surface area contributed by atoms with Gasteiger partial charge in [-0.15, -0.1) is 0 Å². The summed E-state index contributed by atoms with van der Waals surface area (Å²) in [6.45, 7) is -0.135. The molecule has 1 amide bonds. The smallest absolute Gasteiger partial charge is 0.325 e. The molecule has 3 rings (SSSR count). The number of hydrogen-bond donors (Lipinski definition) is 2. The molecular formula is C15H12ClN3O4. The summed E-state index contributed by atoms with van der Waals surface area (Å²) in [4.78, 5) is 22.8. The van der Waals surface area contributed by atoms with Gasteiger partial charge in [0.15, 0.2) is 5.82 Å². The quantitative estimate of drug-likeness (QED) is 0.893. The monoisotopic (exact) mass is 333 g/mol. The molecule has 0 spiro atoms. The molecule has 0 atom stereocenters. The highest BCUT2D eigenvalue weighted by Gasteiger charge is 2.18. The molecule has 0 saturated carbocycles. The van der Waals surface area contributed by atoms with E-state index in [0.717, 1.165) is 5.56 Å². The molecule has 0 radical (unpaired) electrons. The molecule has 23 heavy (non-hydrogen) atoms. The van der Waals surface area contributed by atoms with Crippen molar-refractivity contribution in [2.75, 3.05) is 11.9 Å². The zero-order chi connectivity index (χ0) is 16.4. The Labute approximate surface area is 136 Å². The minimum Gasteiger partial charge on any atom is -0.488 e. The van der Waals surface area contributed by atoms with Gasteiger partial charge in [0.05, 0.1) is 5.57 Å². The Balaban J connectivity index is 1.73. The van der Waals surface area contributed by atoms with Gasteiger partial charge in [-0.1, -0.05) is 11.6 Å². The average Bonchev–Trinajstić information content (AvgIpc) is 2.92. The number of ether oxygens (including phenoxy) is 1. The summed E-state index contributed by atoms with van der Waals surface area (Å²) in [5.74, 6) is -0.440. The van der Waals surface area contributed by atoms with Crippen LogP contribution >= 0.6 is 11.6 Å². The minimum atomic E-state index is -1.01. The summed E-state index contributed by atoms with van der Waals surface area (Å²) < 4.78 is 6.74. The molecule has 1 aromatic heterocycles. The topological polar surface area (TPSA) is 93.5 Å². The third-order valence-electron chi connectivity index (χ3n) is 3.16. The molecule has 0 unspecified atom stereocenters. The van der Waals surface area contributed by atoms with E-state index in [4.69, 9.17) is 21.4 Å². The van der Waals surface area contributed by atoms with Crippen LogP contribution < -0.4 is 10.1 Å². The van der Waals surface area contributed by atoms with E-state index in [1.54, 1.807) is 24.3 Å². The highest BCUT2D eigenvalue weighted by molar-refractivity contribution is 6.30. The van der Waals surface area contributed by atoms with Gasteiger partial charge in [0.1, 0.15) is 18.9 Å². The van der Waals surface area contributed by atoms with Crippen molar-refractivity contribution >= 4 is 35.4 Å². The first-order valence-electron chi connectivity index (χ1n) is 6.71. The van der Waals surface area contributed by atoms with E-state index in [-0.39, 0.29) is 24.9 Å². The van der Waals surface area contributed by atoms with Crippen LogP contribution in [0.1, 0.15) is 5.56 Å². The molecule has 0 saturated heterocycles. The second-order valence-electron chi connectivity index (χ2n) is 4.89. The molecule has 1 aliphatic heterocycles. The van der Waals surface area contributed by atoms with Crippen LogP contribution in [0, 0.1) is 0 Å². The molecule has 8 heteroatoms. The summed E-state index contributed by atoms with van der Waals surface area (Å²) >= 11 is 5.93. The second kappa shape index (κ2) is 6.13. The van der Waals surface area contributed by atoms with Crippen molar-refractivity contribution in [3.05, 3.63) is 46.6 Å². The number of anilines is 1. The van der Waals surface area contributed by atoms with E-state index >= 15 is 0 Å². The van der Waals surface area contributed by atoms with Crippen molar-refractivity contribution < 1.29 is 19.4 Å². The first-order valence-corrected chi connectivity index (χ1v) is 7.08. The number of aliphatic carboxylic acids is 1. The Morgan fingerprint density at radius 2 is 2.22 bits per heavy atom. The van der Waals surface area contributed by atoms with Crippen LogP contribution in [0.25, 0.3) is 6.08 Å². The lowest BCUT2D eigenvalue weighted by atomic mass is 10.1. The van der Waals surface area contributed by atoms with Gasteiger partial charge in [-0.3, -0.25) is 14.3 Å². The Kier molecular flexibility index (Phi) is 4.03. The minimum absolute atomic E-state index is 0.135. The van der Waals surface area contributed by atoms with Crippen LogP contribution in [-0.2, 0) is 16.1 Å². The van der Waals surface area contributed by atoms with Crippen LogP contribution in [0.5, 0.6) is 5.75 Å². The molecule has 0 fully saturated rings. The summed E-state index contributed by atoms with van der Waals surface area (Å²) in [7, 11) is 0. The molecule has 2 aromatic rings. The third-order valence-corrected chi connectivity index (χ3v) is 3.39. The Morgan fingerprint density at radius 1 is 1.39 bits per heavy atom. The lowest BCUT2D eigenvalue weighted by Gasteiger charge is -2.17. The number of halogens is 1. The molecule has 2 heterocycles. The third kappa shape index (κ3) is 3.51. The van der Waals surface area contributed by atoms with E-state index in [0.29, 0.717) is 16.3 Å². The number of benzene rings is 1. The van der Waals surface area contributed by atoms with Crippen LogP contribution in [0.4, 0.5) is 5.82 Å². The van der Waals surface area contributed by atoms with E-state index < -0.39 is 5.97 Å². The number of carboxylic acid groups (broad SMARTS) is 1. The van der Waals surface area contributed by atoms with Gasteiger partial charge >= 0.3 is 5.97 Å². The Bertz CT molecular complexity index is 813. The van der Waals surface area contributed by atoms with Crippen LogP contribution in [0.2, 0.25) is 5.02 Å². The van der Waals surface area contributed by atoms with Crippen LogP contribution in [-0.4, -0.2) is 33.4 Å². The van der Waals surface area contributed by atoms with E-state index in [9.17, 15) is 9.59 Å². The normalized spacial score (nSPS) is 12.8. The van der Waals surface area contributed by atoms with Crippen molar-refractivity contribution in [1.82, 2.24) is 9.78 Å². The highest BCUT2D eigenvalue weighted by atomic mass is 35.5. The Hall–Kier alpha value is -2.80. The molecule has 0 bridgehead atoms. The van der Waals surface area contributed by atoms with Gasteiger partial charge in [-0.2, -0.15) is 5.10 Å². The number of nitrogens with zero attached hydrogens (tertiary/aromatic N) is 2. The first kappa shape index (κ1) is 15.1. The van der Waals surface area contributed by atoms with Crippen LogP contribution in [0.3, 0.4) is 0 Å². The molecule has 7 nitrogen and oxygen atoms in total. The van der Waals surface area contributed by atoms with Crippen molar-refractivity contribution in [2.45, 2.75) is 6.54 Å². The van der Waals surface area contributed by atoms with E-state index in [2.05, 4.69) is 10.4 Å². The van der Waals surface area contributed by atoms with E-state index in [1.165, 1.54) is 16.9 Å². The maximum Gasteiger partial charge on any atom is 0.325 e. The first-order chi connectivity index (χ1) is 11.0. The standard InChI is InChI=1S/C15H12ClN3O4/c16-11-1-2-12-9(6-11)5-10(8-23-12)15(22)17-13-3-4-19(18-13)7-14(20)21/h1-6H,7-8H2,(H,20,21)(H,17,18,22). The van der Waals surface area contributed by atoms with Gasteiger partial charge in [0, 0.05) is 22.8 Å². The predicted molar refractivity (Wildman–Crippen MR) is 83.4 cm³/mol. The van der Waals surface area contributed by atoms with Gasteiger partial charge in [0.2, 0.25) is 0 Å². The second-order valence-corrected chi connectivity index (χ2v) is 5.32. The van der Waals surface area contributed by atoms with Crippen LogP contribution in [0.15, 0.2) is 36.0 Å². The van der Waals surface area contributed by atoms with Crippen molar-refractivity contribution in [3.63, 3.8) is 0 Å². The maximum atomic E-state index is 12.2. The number of carbonyl (C=O) groups is 2.